The van der Waals surface area contributed by atoms with E-state index < -0.39 is 83.2 Å². The summed E-state index contributed by atoms with van der Waals surface area (Å²) in [5.41, 5.74) is 4.98. The molecular weight excluding hydrogens is 1510 g/mol. The van der Waals surface area contributed by atoms with Gasteiger partial charge in [0.15, 0.2) is 11.6 Å². The fourth-order valence-corrected chi connectivity index (χ4v) is 16.0. The number of rotatable bonds is 4. The van der Waals surface area contributed by atoms with Crippen molar-refractivity contribution < 1.29 is 73.1 Å². The lowest BCUT2D eigenvalue weighted by molar-refractivity contribution is -0.343. The van der Waals surface area contributed by atoms with E-state index in [4.69, 9.17) is 37.9 Å². The van der Waals surface area contributed by atoms with Crippen molar-refractivity contribution >= 4 is 78.9 Å². The van der Waals surface area contributed by atoms with Crippen LogP contribution in [0.4, 0.5) is 0 Å². The quantitative estimate of drug-likeness (QED) is 0.136. The highest BCUT2D eigenvalue weighted by atomic mass is 128. The fraction of sp³-hybridized carbons (Fsp3) is 0.689. The predicted octanol–water partition coefficient (Wildman–Crippen LogP) is 14.5. The number of ketones is 1. The number of carbonyl (C=O) groups is 3. The molecule has 0 saturated carbocycles. The smallest absolute Gasteiger partial charge is 0.316 e. The van der Waals surface area contributed by atoms with E-state index >= 15 is 0 Å². The molecule has 8 heterocycles. The maximum atomic E-state index is 14.1. The Bertz CT molecular complexity index is 2940. The first-order chi connectivity index (χ1) is 42.4. The summed E-state index contributed by atoms with van der Waals surface area (Å²) in [6.07, 6.45) is 25.6. The van der Waals surface area contributed by atoms with Gasteiger partial charge in [0.2, 0.25) is 0 Å². The van der Waals surface area contributed by atoms with E-state index in [-0.39, 0.29) is 115 Å². The summed E-state index contributed by atoms with van der Waals surface area (Å²) in [4.78, 5) is 41.7. The molecule has 0 aromatic heterocycles. The number of carbonyl (C=O) groups excluding carboxylic acids is 3. The Morgan fingerprint density at radius 1 is 0.598 bits per heavy atom. The average molecular weight is 1620 g/mol. The van der Waals surface area contributed by atoms with Gasteiger partial charge in [-0.25, -0.2) is 0 Å². The molecule has 10 rings (SSSR count). The van der Waals surface area contributed by atoms with Gasteiger partial charge in [0.05, 0.1) is 62.4 Å². The van der Waals surface area contributed by atoms with Crippen molar-refractivity contribution in [1.29, 1.82) is 0 Å². The van der Waals surface area contributed by atoms with Gasteiger partial charge < -0.3 is 58.7 Å². The predicted molar refractivity (Wildman–Crippen MR) is 387 cm³/mol. The molecule has 0 unspecified atom stereocenters. The third-order valence-electron chi connectivity index (χ3n) is 20.9. The van der Waals surface area contributed by atoms with E-state index in [1.54, 1.807) is 0 Å². The van der Waals surface area contributed by atoms with Crippen LogP contribution in [0.1, 0.15) is 175 Å². The van der Waals surface area contributed by atoms with Crippen LogP contribution in [0.3, 0.4) is 0 Å². The van der Waals surface area contributed by atoms with Gasteiger partial charge in [0, 0.05) is 93.0 Å². The highest BCUT2D eigenvalue weighted by Gasteiger charge is 2.62. The lowest BCUT2D eigenvalue weighted by atomic mass is 9.68. The van der Waals surface area contributed by atoms with Crippen molar-refractivity contribution in [3.8, 4) is 0 Å². The number of allylic oxidation sites excluding steroid dienone is 10. The van der Waals surface area contributed by atoms with E-state index in [2.05, 4.69) is 136 Å². The van der Waals surface area contributed by atoms with E-state index in [0.717, 1.165) is 35.1 Å². The lowest BCUT2D eigenvalue weighted by Gasteiger charge is -2.51. The Morgan fingerprint density at radius 3 is 1.46 bits per heavy atom. The summed E-state index contributed by atoms with van der Waals surface area (Å²) >= 11 is 4.24. The Hall–Kier alpha value is -2.20. The van der Waals surface area contributed by atoms with Gasteiger partial charge >= 0.3 is 11.9 Å². The number of aliphatic hydroxyl groups is 3. The third-order valence-corrected chi connectivity index (χ3v) is 20.9. The Labute approximate surface area is 589 Å². The largest absolute Gasteiger partial charge is 0.462 e. The first kappa shape index (κ1) is 78.8. The van der Waals surface area contributed by atoms with Gasteiger partial charge in [0.25, 0.3) is 0 Å². The summed E-state index contributed by atoms with van der Waals surface area (Å²) in [7, 11) is 0. The van der Waals surface area contributed by atoms with Crippen LogP contribution in [0.2, 0.25) is 0 Å². The van der Waals surface area contributed by atoms with Crippen molar-refractivity contribution in [3.05, 3.63) is 117 Å². The second-order valence-electron chi connectivity index (χ2n) is 29.3. The minimum absolute atomic E-state index is 0. The maximum absolute atomic E-state index is 14.1. The van der Waals surface area contributed by atoms with E-state index in [1.165, 1.54) is 11.1 Å². The van der Waals surface area contributed by atoms with Crippen LogP contribution >= 0.6 is 61.2 Å². The van der Waals surface area contributed by atoms with Crippen LogP contribution < -0.4 is 0 Å². The number of esters is 2. The summed E-state index contributed by atoms with van der Waals surface area (Å²) in [5.74, 6) is -4.19. The topological polar surface area (TPSA) is 217 Å². The van der Waals surface area contributed by atoms with Crippen molar-refractivity contribution in [2.45, 2.75) is 253 Å². The molecule has 6 fully saturated rings. The minimum atomic E-state index is -1.50. The molecule has 18 heteroatoms. The zero-order chi connectivity index (χ0) is 65.9. The number of Topliss-reactive ketones (excluding diaryl/α,β-unsaturated/α-hetero) is 1. The normalized spacial score (nSPS) is 44.0. The number of hydrogen-bond donors (Lipinski definition) is 3. The molecule has 516 valence electrons. The van der Waals surface area contributed by atoms with Crippen molar-refractivity contribution in [2.24, 2.45) is 59.2 Å². The molecule has 10 aliphatic rings. The van der Waals surface area contributed by atoms with Crippen LogP contribution in [0, 0.1) is 59.2 Å². The molecule has 2 spiro atoms. The van der Waals surface area contributed by atoms with Crippen molar-refractivity contribution in [3.63, 3.8) is 0 Å². The molecule has 92 heavy (non-hydrogen) atoms. The molecule has 0 aromatic rings. The summed E-state index contributed by atoms with van der Waals surface area (Å²) in [5, 5.41) is 35.9. The molecule has 2 aliphatic carbocycles. The maximum Gasteiger partial charge on any atom is 0.316 e. The molecule has 4 bridgehead atoms. The SMILES string of the molecule is CC1=C[C@H]2C(=O)O[C@H]3C[C@@H](C/C=C(\C)C[C@@H](C)/C=C/C=C4\CO[C@H]([C@@H]1C)[C@@]42O)O[C@@]1(CC(=O)[C@H](C)[C@@H](/C(C)=C/C(C)C)O1)C3.CC1=C[C@H]2C(=O)O[C@H]3C[C@@H](C/C=C(\C)C[C@@H](C)/C=C/C=C4\CO[C@H]([C@@H]1C)[C@@]42O)O[C@]1(C3)C[C@H](O)[C@H](C)[C@@H](/C(C)=C/C(C)C)O1.I.II.O. The number of hydrogen-bond acceptors (Lipinski definition) is 14. The second-order valence-corrected chi connectivity index (χ2v) is 29.3. The standard InChI is InChI=1S/C37H54O7.C37H52O7.I2.HI.H2O/c2*1-21(2)14-25(6)33-27(8)32(38)19-36(44-33)18-30-17-29(43-36)13-12-23(4)15-22(3)10-9-11-28-20-41-34-26(7)24(5)16-31(35(39)42-30)37(28,34)40;1-2;;/h9-12,14,16,21-22,26-27,29-34,38,40H,13,15,17-20H2,1-8H3;9-12,14,16,21-22,26-27,29-31,33-34,40H,13,15,17-20H2,1-8H3;;1H;1H2/b2*10-9+,23-12+,25-14+,28-11+;;;/t22-,26+,27-,29+,30-,31-,32-,33+,34+,36-,37+;22-,26+,27-,29+,30-,31-,33+,34+,36-,37+;;;/m00.../s1. The number of aliphatic hydroxyl groups excluding tert-OH is 1. The van der Waals surface area contributed by atoms with Crippen LogP contribution in [-0.2, 0) is 52.3 Å². The molecule has 0 radical (unpaired) electrons. The number of halogens is 3. The molecule has 8 aliphatic heterocycles. The molecule has 6 saturated heterocycles. The summed E-state index contributed by atoms with van der Waals surface area (Å²) in [6, 6.07) is 0. The molecule has 0 amide bonds. The van der Waals surface area contributed by atoms with Gasteiger partial charge in [-0.3, -0.25) is 14.4 Å². The first-order valence-electron chi connectivity index (χ1n) is 33.4. The van der Waals surface area contributed by atoms with Crippen LogP contribution in [-0.4, -0.2) is 129 Å². The summed E-state index contributed by atoms with van der Waals surface area (Å²) in [6.45, 7) is 33.7. The molecule has 21 atom stereocenters. The zero-order valence-corrected chi connectivity index (χ0v) is 64.0. The monoisotopic (exact) mass is 1620 g/mol. The van der Waals surface area contributed by atoms with Gasteiger partial charge in [-0.05, 0) is 113 Å². The van der Waals surface area contributed by atoms with Gasteiger partial charge in [0.1, 0.15) is 41.0 Å². The Kier molecular flexibility index (Phi) is 28.4. The van der Waals surface area contributed by atoms with E-state index in [0.29, 0.717) is 61.5 Å². The number of fused-ring (bicyclic) bond motifs is 4. The molecular formula is C74H109I3O15. The zero-order valence-electron chi connectivity index (χ0n) is 57.4. The Morgan fingerprint density at radius 2 is 1.01 bits per heavy atom. The van der Waals surface area contributed by atoms with Crippen molar-refractivity contribution in [1.82, 2.24) is 0 Å². The average Bonchev–Trinajstić information content (AvgIpc) is 1.48. The van der Waals surface area contributed by atoms with Crippen LogP contribution in [0.5, 0.6) is 0 Å². The highest BCUT2D eigenvalue weighted by molar-refractivity contribution is 15.0. The minimum Gasteiger partial charge on any atom is -0.462 e. The number of ether oxygens (including phenoxy) is 8. The fourth-order valence-electron chi connectivity index (χ4n) is 16.0. The Balaban J connectivity index is 0.000000279. The lowest BCUT2D eigenvalue weighted by Crippen LogP contribution is -2.59. The molecule has 15 nitrogen and oxygen atoms in total. The molecule has 0 aromatic carbocycles. The van der Waals surface area contributed by atoms with Crippen LogP contribution in [0.15, 0.2) is 117 Å². The van der Waals surface area contributed by atoms with Gasteiger partial charge in [-0.2, -0.15) is 0 Å². The third kappa shape index (κ3) is 17.6. The van der Waals surface area contributed by atoms with E-state index in [9.17, 15) is 29.7 Å². The highest BCUT2D eigenvalue weighted by Crippen LogP contribution is 2.52. The van der Waals surface area contributed by atoms with Gasteiger partial charge in [-0.15, -0.1) is 24.0 Å². The summed E-state index contributed by atoms with van der Waals surface area (Å²) < 4.78 is 52.0. The first-order valence-corrected chi connectivity index (χ1v) is 39.7. The van der Waals surface area contributed by atoms with Gasteiger partial charge in [-0.1, -0.05) is 164 Å². The van der Waals surface area contributed by atoms with Crippen molar-refractivity contribution in [2.75, 3.05) is 13.2 Å². The van der Waals surface area contributed by atoms with Crippen LogP contribution in [0.25, 0.3) is 0 Å². The van der Waals surface area contributed by atoms with E-state index in [1.807, 2.05) is 84.9 Å². The second kappa shape index (κ2) is 33.1. The molecule has 5 N–H and O–H groups in total.